The molecule has 1 atom stereocenters. The summed E-state index contributed by atoms with van der Waals surface area (Å²) in [6, 6.07) is 12.5. The Labute approximate surface area is 131 Å². The first kappa shape index (κ1) is 19.3. The maximum Gasteiger partial charge on any atom is 3.00 e. The SMILES string of the molecule is [CH2-]C(C)CC(C)(C)C(C)=O.[Y+3].[c-]1ccccc1. The van der Waals surface area contributed by atoms with Gasteiger partial charge in [-0.25, -0.2) is 0 Å². The van der Waals surface area contributed by atoms with Crippen molar-refractivity contribution in [2.45, 2.75) is 34.1 Å². The molecular weight excluding hydrogens is 285 g/mol. The first-order valence-electron chi connectivity index (χ1n) is 5.61. The third kappa shape index (κ3) is 10.8. The molecule has 1 unspecified atom stereocenters. The molecule has 0 aromatic heterocycles. The molecule has 0 aliphatic rings. The van der Waals surface area contributed by atoms with Gasteiger partial charge in [0.2, 0.25) is 0 Å². The van der Waals surface area contributed by atoms with E-state index in [1.54, 1.807) is 6.92 Å². The van der Waals surface area contributed by atoms with E-state index in [4.69, 9.17) is 0 Å². The van der Waals surface area contributed by atoms with E-state index in [0.29, 0.717) is 5.92 Å². The third-order valence-electron chi connectivity index (χ3n) is 2.42. The summed E-state index contributed by atoms with van der Waals surface area (Å²) in [5, 5.41) is 0. The van der Waals surface area contributed by atoms with E-state index < -0.39 is 0 Å². The van der Waals surface area contributed by atoms with Crippen LogP contribution in [0, 0.1) is 24.3 Å². The van der Waals surface area contributed by atoms with Gasteiger partial charge in [-0.2, -0.15) is 42.3 Å². The van der Waals surface area contributed by atoms with E-state index >= 15 is 0 Å². The minimum Gasteiger partial charge on any atom is -0.341 e. The largest absolute Gasteiger partial charge is 3.00 e. The van der Waals surface area contributed by atoms with Crippen molar-refractivity contribution in [3.63, 3.8) is 0 Å². The van der Waals surface area contributed by atoms with Gasteiger partial charge in [0.05, 0.1) is 0 Å². The van der Waals surface area contributed by atoms with Crippen LogP contribution < -0.4 is 0 Å². The van der Waals surface area contributed by atoms with Crippen LogP contribution in [0.15, 0.2) is 30.3 Å². The predicted molar refractivity (Wildman–Crippen MR) is 68.9 cm³/mol. The molecule has 0 aliphatic heterocycles. The summed E-state index contributed by atoms with van der Waals surface area (Å²) in [5.41, 5.74) is -0.179. The standard InChI is InChI=1S/C9H17O.C6H5.Y/c1-7(2)6-9(4,5)8(3)10;1-2-4-6-5-3-1;/h7H,1,6H2,2-5H3;1-5H;/q2*-1;+3. The first-order valence-corrected chi connectivity index (χ1v) is 5.61. The normalized spacial score (nSPS) is 11.6. The monoisotopic (exact) mass is 307 g/mol. The molecule has 0 heterocycles. The van der Waals surface area contributed by atoms with Crippen LogP contribution in [0.5, 0.6) is 0 Å². The molecule has 0 radical (unpaired) electrons. The molecule has 0 N–H and O–H groups in total. The van der Waals surface area contributed by atoms with Crippen LogP contribution in [0.25, 0.3) is 0 Å². The smallest absolute Gasteiger partial charge is 0.341 e. The molecule has 0 bridgehead atoms. The topological polar surface area (TPSA) is 17.1 Å². The van der Waals surface area contributed by atoms with E-state index in [0.717, 1.165) is 6.42 Å². The number of hydrogen-bond donors (Lipinski definition) is 0. The maximum atomic E-state index is 11.0. The van der Waals surface area contributed by atoms with Gasteiger partial charge < -0.3 is 6.92 Å². The van der Waals surface area contributed by atoms with Crippen molar-refractivity contribution in [2.24, 2.45) is 11.3 Å². The minimum atomic E-state index is -0.179. The Morgan fingerprint density at radius 3 is 1.88 bits per heavy atom. The molecule has 0 amide bonds. The molecule has 90 valence electrons. The van der Waals surface area contributed by atoms with Gasteiger partial charge >= 0.3 is 32.7 Å². The van der Waals surface area contributed by atoms with Crippen molar-refractivity contribution in [3.05, 3.63) is 43.3 Å². The van der Waals surface area contributed by atoms with E-state index in [9.17, 15) is 4.79 Å². The zero-order valence-corrected chi connectivity index (χ0v) is 14.2. The van der Waals surface area contributed by atoms with E-state index in [1.807, 2.05) is 51.1 Å². The van der Waals surface area contributed by atoms with Crippen molar-refractivity contribution in [1.29, 1.82) is 0 Å². The number of carbonyl (C=O) groups is 1. The molecule has 0 saturated heterocycles. The molecule has 1 aromatic rings. The van der Waals surface area contributed by atoms with Crippen LogP contribution in [0.2, 0.25) is 0 Å². The van der Waals surface area contributed by atoms with E-state index in [1.165, 1.54) is 0 Å². The maximum absolute atomic E-state index is 11.0. The zero-order chi connectivity index (χ0) is 12.6. The van der Waals surface area contributed by atoms with Gasteiger partial charge in [-0.15, -0.1) is 0 Å². The Morgan fingerprint density at radius 2 is 1.76 bits per heavy atom. The third-order valence-corrected chi connectivity index (χ3v) is 2.42. The van der Waals surface area contributed by atoms with Gasteiger partial charge in [-0.1, -0.05) is 27.2 Å². The van der Waals surface area contributed by atoms with Crippen molar-refractivity contribution in [2.75, 3.05) is 0 Å². The number of carbonyl (C=O) groups excluding carboxylic acids is 1. The summed E-state index contributed by atoms with van der Waals surface area (Å²) < 4.78 is 0. The van der Waals surface area contributed by atoms with Gasteiger partial charge in [-0.3, -0.25) is 4.79 Å². The fraction of sp³-hybridized carbons (Fsp3) is 0.467. The summed E-state index contributed by atoms with van der Waals surface area (Å²) in [5.74, 6) is 0.613. The molecule has 0 aliphatic carbocycles. The summed E-state index contributed by atoms with van der Waals surface area (Å²) in [4.78, 5) is 11.0. The molecular formula is C15H22OY+. The average molecular weight is 307 g/mol. The van der Waals surface area contributed by atoms with Crippen LogP contribution in [0.3, 0.4) is 0 Å². The quantitative estimate of drug-likeness (QED) is 0.773. The molecule has 2 heteroatoms. The number of benzene rings is 1. The molecule has 0 saturated carbocycles. The van der Waals surface area contributed by atoms with Crippen molar-refractivity contribution >= 4 is 5.78 Å². The van der Waals surface area contributed by atoms with Crippen LogP contribution >= 0.6 is 0 Å². The second kappa shape index (κ2) is 9.97. The molecule has 1 aromatic carbocycles. The second-order valence-electron chi connectivity index (χ2n) is 4.83. The fourth-order valence-electron chi connectivity index (χ4n) is 1.36. The van der Waals surface area contributed by atoms with Gasteiger partial charge in [0.15, 0.2) is 0 Å². The molecule has 1 rings (SSSR count). The van der Waals surface area contributed by atoms with Crippen molar-refractivity contribution in [3.8, 4) is 0 Å². The fourth-order valence-corrected chi connectivity index (χ4v) is 1.36. The second-order valence-corrected chi connectivity index (χ2v) is 4.83. The molecule has 1 nitrogen and oxygen atoms in total. The van der Waals surface area contributed by atoms with Crippen molar-refractivity contribution in [1.82, 2.24) is 0 Å². The van der Waals surface area contributed by atoms with E-state index in [-0.39, 0.29) is 43.9 Å². The van der Waals surface area contributed by atoms with Crippen molar-refractivity contribution < 1.29 is 37.5 Å². The van der Waals surface area contributed by atoms with Gasteiger partial charge in [0.1, 0.15) is 5.78 Å². The molecule has 17 heavy (non-hydrogen) atoms. The Bertz CT molecular complexity index is 264. The van der Waals surface area contributed by atoms with Crippen LogP contribution in [-0.2, 0) is 37.5 Å². The Balaban J connectivity index is 0. The van der Waals surface area contributed by atoms with E-state index in [2.05, 4.69) is 13.0 Å². The Morgan fingerprint density at radius 1 is 1.29 bits per heavy atom. The summed E-state index contributed by atoms with van der Waals surface area (Å²) >= 11 is 0. The van der Waals surface area contributed by atoms with Gasteiger partial charge in [0.25, 0.3) is 0 Å². The number of rotatable bonds is 3. The molecule has 0 fully saturated rings. The number of ketones is 1. The summed E-state index contributed by atoms with van der Waals surface area (Å²) in [6.07, 6.45) is 0.877. The summed E-state index contributed by atoms with van der Waals surface area (Å²) in [7, 11) is 0. The average Bonchev–Trinajstić information content (AvgIpc) is 2.19. The number of hydrogen-bond acceptors (Lipinski definition) is 1. The van der Waals surface area contributed by atoms with Crippen LogP contribution in [0.4, 0.5) is 0 Å². The number of Topliss-reactive ketones (excluding diaryl/α,β-unsaturated/α-hetero) is 1. The Kier molecular flexibility index (Phi) is 11.3. The summed E-state index contributed by atoms with van der Waals surface area (Å²) in [6.45, 7) is 11.5. The minimum absolute atomic E-state index is 0. The van der Waals surface area contributed by atoms with Crippen LogP contribution in [0.1, 0.15) is 34.1 Å². The predicted octanol–water partition coefficient (Wildman–Crippen LogP) is 3.95. The van der Waals surface area contributed by atoms with Crippen LogP contribution in [-0.4, -0.2) is 5.78 Å². The zero-order valence-electron chi connectivity index (χ0n) is 11.4. The first-order chi connectivity index (χ1) is 7.36. The van der Waals surface area contributed by atoms with Gasteiger partial charge in [0, 0.05) is 5.41 Å². The molecule has 0 spiro atoms. The van der Waals surface area contributed by atoms with Gasteiger partial charge in [-0.05, 0) is 6.92 Å². The Hall–Kier alpha value is -0.00610.